The van der Waals surface area contributed by atoms with Gasteiger partial charge in [0.1, 0.15) is 34.7 Å². The SMILES string of the molecule is COc1ccc(-c2nc3c(C(=O)N4CCN([C@@H](C#N)c5ccccc5)C[C@H]4C)cnn3c(C(F)(F)F)c2C)cc1.COc1ccc(-c2nc3c(C(=O)N4CCN([C@H](C#N)c5ccccc5)C[C@H]4C)cnn3c(C(F)(F)F)c2C)cc1. The number of piperazine rings is 2. The molecule has 80 heavy (non-hydrogen) atoms. The topological polar surface area (TPSA) is 174 Å². The average molecular weight is 1100 g/mol. The van der Waals surface area contributed by atoms with Gasteiger partial charge in [0, 0.05) is 73.6 Å². The average Bonchev–Trinajstić information content (AvgIpc) is 4.14. The Morgan fingerprint density at radius 2 is 0.912 bits per heavy atom. The van der Waals surface area contributed by atoms with Crippen LogP contribution in [0.2, 0.25) is 0 Å². The van der Waals surface area contributed by atoms with Crippen molar-refractivity contribution >= 4 is 23.1 Å². The van der Waals surface area contributed by atoms with E-state index in [0.717, 1.165) is 23.5 Å². The van der Waals surface area contributed by atoms with Crippen LogP contribution in [0.3, 0.4) is 0 Å². The van der Waals surface area contributed by atoms with Gasteiger partial charge in [0.15, 0.2) is 22.7 Å². The number of nitriles is 2. The number of alkyl halides is 6. The van der Waals surface area contributed by atoms with Gasteiger partial charge in [-0.05, 0) is 87.4 Å². The maximum absolute atomic E-state index is 14.3. The zero-order valence-electron chi connectivity index (χ0n) is 44.4. The van der Waals surface area contributed by atoms with Crippen LogP contribution in [0.1, 0.15) is 80.3 Å². The van der Waals surface area contributed by atoms with E-state index < -0.39 is 47.6 Å². The molecule has 0 radical (unpaired) electrons. The minimum atomic E-state index is -4.73. The fraction of sp³-hybridized carbons (Fsp3) is 0.310. The van der Waals surface area contributed by atoms with Gasteiger partial charge in [-0.2, -0.15) is 47.1 Å². The molecule has 0 spiro atoms. The number of rotatable bonds is 10. The van der Waals surface area contributed by atoms with E-state index in [9.17, 15) is 46.5 Å². The van der Waals surface area contributed by atoms with Crippen LogP contribution in [0.15, 0.2) is 122 Å². The number of benzene rings is 4. The van der Waals surface area contributed by atoms with Gasteiger partial charge in [0.2, 0.25) is 0 Å². The van der Waals surface area contributed by atoms with E-state index in [-0.39, 0.29) is 57.0 Å². The van der Waals surface area contributed by atoms with Crippen LogP contribution in [-0.4, -0.2) is 126 Å². The minimum Gasteiger partial charge on any atom is -0.497 e. The van der Waals surface area contributed by atoms with Gasteiger partial charge >= 0.3 is 12.4 Å². The van der Waals surface area contributed by atoms with Crippen molar-refractivity contribution in [1.29, 1.82) is 10.5 Å². The summed E-state index contributed by atoms with van der Waals surface area (Å²) in [5.41, 5.74) is 0.327. The second-order valence-corrected chi connectivity index (χ2v) is 19.5. The van der Waals surface area contributed by atoms with Crippen molar-refractivity contribution in [2.24, 2.45) is 0 Å². The molecule has 412 valence electrons. The Morgan fingerprint density at radius 1 is 0.562 bits per heavy atom. The lowest BCUT2D eigenvalue weighted by atomic mass is 10.0. The summed E-state index contributed by atoms with van der Waals surface area (Å²) in [6, 6.07) is 35.0. The number of fused-ring (bicyclic) bond motifs is 2. The van der Waals surface area contributed by atoms with Crippen LogP contribution >= 0.6 is 0 Å². The molecule has 0 saturated carbocycles. The Kier molecular flexibility index (Phi) is 16.0. The number of carbonyl (C=O) groups is 2. The normalized spacial score (nSPS) is 17.0. The Morgan fingerprint density at radius 3 is 1.21 bits per heavy atom. The third kappa shape index (κ3) is 11.0. The molecule has 16 nitrogen and oxygen atoms in total. The molecular weight excluding hydrogens is 1040 g/mol. The van der Waals surface area contributed by atoms with Gasteiger partial charge in [0.05, 0.1) is 50.1 Å². The molecule has 0 bridgehead atoms. The van der Waals surface area contributed by atoms with Crippen LogP contribution in [0, 0.1) is 36.5 Å². The van der Waals surface area contributed by atoms with Gasteiger partial charge in [-0.25, -0.2) is 19.0 Å². The molecule has 4 aromatic carbocycles. The zero-order valence-corrected chi connectivity index (χ0v) is 44.4. The van der Waals surface area contributed by atoms with Gasteiger partial charge in [-0.15, -0.1) is 0 Å². The van der Waals surface area contributed by atoms with Crippen molar-refractivity contribution in [2.45, 2.75) is 64.2 Å². The molecule has 4 aromatic heterocycles. The fourth-order valence-corrected chi connectivity index (χ4v) is 10.5. The molecule has 2 aliphatic rings. The highest BCUT2D eigenvalue weighted by atomic mass is 19.4. The smallest absolute Gasteiger partial charge is 0.433 e. The summed E-state index contributed by atoms with van der Waals surface area (Å²) in [5, 5.41) is 27.6. The maximum Gasteiger partial charge on any atom is 0.433 e. The summed E-state index contributed by atoms with van der Waals surface area (Å²) >= 11 is 0. The molecule has 2 aliphatic heterocycles. The first kappa shape index (κ1) is 55.9. The Labute approximate surface area is 456 Å². The van der Waals surface area contributed by atoms with Crippen molar-refractivity contribution in [2.75, 3.05) is 53.5 Å². The summed E-state index contributed by atoms with van der Waals surface area (Å²) in [6.07, 6.45) is -7.17. The molecule has 2 saturated heterocycles. The lowest BCUT2D eigenvalue weighted by Gasteiger charge is -2.41. The Bertz CT molecular complexity index is 3400. The van der Waals surface area contributed by atoms with E-state index >= 15 is 0 Å². The first-order valence-electron chi connectivity index (χ1n) is 25.5. The lowest BCUT2D eigenvalue weighted by molar-refractivity contribution is -0.144. The Balaban J connectivity index is 0.000000194. The number of aromatic nitrogens is 6. The minimum absolute atomic E-state index is 0.0135. The molecule has 0 aliphatic carbocycles. The molecule has 0 unspecified atom stereocenters. The number of hydrogen-bond donors (Lipinski definition) is 0. The van der Waals surface area contributed by atoms with Crippen molar-refractivity contribution in [3.63, 3.8) is 0 Å². The van der Waals surface area contributed by atoms with Gasteiger partial charge in [0.25, 0.3) is 11.8 Å². The summed E-state index contributed by atoms with van der Waals surface area (Å²) in [6.45, 7) is 8.71. The van der Waals surface area contributed by atoms with E-state index in [2.05, 4.69) is 32.3 Å². The van der Waals surface area contributed by atoms with Crippen LogP contribution in [-0.2, 0) is 12.4 Å². The number of methoxy groups -OCH3 is 2. The predicted octanol–water partition coefficient (Wildman–Crippen LogP) is 10.3. The van der Waals surface area contributed by atoms with Crippen molar-refractivity contribution in [1.82, 2.24) is 48.8 Å². The quantitative estimate of drug-likeness (QED) is 0.119. The summed E-state index contributed by atoms with van der Waals surface area (Å²) in [5.74, 6) is 0.191. The molecule has 22 heteroatoms. The van der Waals surface area contributed by atoms with Gasteiger partial charge in [-0.3, -0.25) is 19.4 Å². The van der Waals surface area contributed by atoms with Gasteiger partial charge < -0.3 is 19.3 Å². The van der Waals surface area contributed by atoms with Crippen molar-refractivity contribution in [3.05, 3.63) is 166 Å². The van der Waals surface area contributed by atoms with E-state index in [1.165, 1.54) is 28.1 Å². The third-order valence-electron chi connectivity index (χ3n) is 14.5. The second kappa shape index (κ2) is 22.8. The highest BCUT2D eigenvalue weighted by Crippen LogP contribution is 2.39. The molecule has 4 atom stereocenters. The third-order valence-corrected chi connectivity index (χ3v) is 14.5. The van der Waals surface area contributed by atoms with E-state index in [1.807, 2.05) is 84.3 Å². The Hall–Kier alpha value is -8.86. The summed E-state index contributed by atoms with van der Waals surface area (Å²) in [4.78, 5) is 43.7. The first-order chi connectivity index (χ1) is 38.3. The van der Waals surface area contributed by atoms with E-state index in [4.69, 9.17) is 9.47 Å². The number of nitrogens with zero attached hydrogens (tertiary/aromatic N) is 12. The molecule has 8 aromatic rings. The van der Waals surface area contributed by atoms with E-state index in [1.54, 1.807) is 58.3 Å². The maximum atomic E-state index is 14.3. The lowest BCUT2D eigenvalue weighted by Crippen LogP contribution is -2.54. The molecule has 0 N–H and O–H groups in total. The molecule has 10 rings (SSSR count). The van der Waals surface area contributed by atoms with E-state index in [0.29, 0.717) is 70.9 Å². The van der Waals surface area contributed by atoms with Crippen LogP contribution in [0.5, 0.6) is 11.5 Å². The van der Waals surface area contributed by atoms with Crippen molar-refractivity contribution in [3.8, 4) is 46.2 Å². The number of halogens is 6. The highest BCUT2D eigenvalue weighted by molar-refractivity contribution is 6.01. The predicted molar refractivity (Wildman–Crippen MR) is 283 cm³/mol. The standard InChI is InChI=1S/2C29H27F3N6O2/c2*1-18-17-36(24(15-33)20-7-5-4-6-8-20)13-14-37(18)28(39)23-16-34-38-26(29(30,31)32)19(2)25(35-27(23)38)21-9-11-22(40-3)12-10-21/h2*4-12,16,18,24H,13-14,17H2,1-3H3/t18-,24+;18-,24-/m11/s1. The summed E-state index contributed by atoms with van der Waals surface area (Å²) in [7, 11) is 3.00. The molecule has 6 heterocycles. The van der Waals surface area contributed by atoms with Gasteiger partial charge in [-0.1, -0.05) is 60.7 Å². The highest BCUT2D eigenvalue weighted by Gasteiger charge is 2.42. The number of amides is 2. The number of ether oxygens (including phenoxy) is 2. The van der Waals surface area contributed by atoms with Crippen LogP contribution < -0.4 is 9.47 Å². The number of hydrogen-bond acceptors (Lipinski definition) is 12. The second-order valence-electron chi connectivity index (χ2n) is 19.5. The zero-order chi connectivity index (χ0) is 57.2. The van der Waals surface area contributed by atoms with Crippen LogP contribution in [0.25, 0.3) is 33.8 Å². The molecule has 2 fully saturated rings. The monoisotopic (exact) mass is 1100 g/mol. The van der Waals surface area contributed by atoms with Crippen molar-refractivity contribution < 1.29 is 45.4 Å². The summed E-state index contributed by atoms with van der Waals surface area (Å²) < 4.78 is 97.4. The first-order valence-corrected chi connectivity index (χ1v) is 25.5. The molecular formula is C58H54F6N12O4. The largest absolute Gasteiger partial charge is 0.497 e. The number of carbonyl (C=O) groups excluding carboxylic acids is 2. The fourth-order valence-electron chi connectivity index (χ4n) is 10.5. The molecule has 2 amide bonds. The van der Waals surface area contributed by atoms with Crippen LogP contribution in [0.4, 0.5) is 26.3 Å².